The topological polar surface area (TPSA) is 49.9 Å². The summed E-state index contributed by atoms with van der Waals surface area (Å²) in [5.74, 6) is 0.683. The van der Waals surface area contributed by atoms with E-state index in [-0.39, 0.29) is 18.4 Å². The summed E-state index contributed by atoms with van der Waals surface area (Å²) in [5, 5.41) is 0. The van der Waals surface area contributed by atoms with Gasteiger partial charge in [-0.1, -0.05) is 30.3 Å². The summed E-state index contributed by atoms with van der Waals surface area (Å²) in [4.78, 5) is 28.4. The van der Waals surface area contributed by atoms with Crippen molar-refractivity contribution in [2.75, 3.05) is 31.6 Å². The number of amides is 2. The number of benzene rings is 2. The Bertz CT molecular complexity index is 819. The van der Waals surface area contributed by atoms with E-state index in [0.717, 1.165) is 29.8 Å². The second-order valence-electron chi connectivity index (χ2n) is 6.82. The SMILES string of the molecule is COc1cccc(CCN(CC(=O)N2CCCc3ccccc32)C(C)=O)c1. The number of nitrogens with zero attached hydrogens (tertiary/aromatic N) is 2. The van der Waals surface area contributed by atoms with Gasteiger partial charge in [0.2, 0.25) is 11.8 Å². The smallest absolute Gasteiger partial charge is 0.246 e. The van der Waals surface area contributed by atoms with Crippen molar-refractivity contribution in [2.45, 2.75) is 26.2 Å². The van der Waals surface area contributed by atoms with Crippen LogP contribution in [0.3, 0.4) is 0 Å². The first kappa shape index (κ1) is 19.0. The summed E-state index contributed by atoms with van der Waals surface area (Å²) in [6.07, 6.45) is 2.62. The van der Waals surface area contributed by atoms with Gasteiger partial charge in [0.05, 0.1) is 7.11 Å². The molecule has 142 valence electrons. The van der Waals surface area contributed by atoms with Crippen LogP contribution in [-0.4, -0.2) is 43.5 Å². The number of carbonyl (C=O) groups excluding carboxylic acids is 2. The third kappa shape index (κ3) is 4.67. The van der Waals surface area contributed by atoms with E-state index in [4.69, 9.17) is 4.74 Å². The molecule has 0 radical (unpaired) electrons. The lowest BCUT2D eigenvalue weighted by atomic mass is 10.0. The summed E-state index contributed by atoms with van der Waals surface area (Å²) >= 11 is 0. The van der Waals surface area contributed by atoms with Crippen LogP contribution >= 0.6 is 0 Å². The van der Waals surface area contributed by atoms with Gasteiger partial charge in [0.25, 0.3) is 0 Å². The van der Waals surface area contributed by atoms with Gasteiger partial charge in [0.15, 0.2) is 0 Å². The van der Waals surface area contributed by atoms with Gasteiger partial charge in [0, 0.05) is 25.7 Å². The van der Waals surface area contributed by atoms with E-state index in [1.165, 1.54) is 12.5 Å². The maximum atomic E-state index is 12.9. The second-order valence-corrected chi connectivity index (χ2v) is 6.82. The highest BCUT2D eigenvalue weighted by Crippen LogP contribution is 2.26. The zero-order valence-electron chi connectivity index (χ0n) is 16.0. The van der Waals surface area contributed by atoms with Crippen molar-refractivity contribution in [2.24, 2.45) is 0 Å². The normalized spacial score (nSPS) is 13.0. The van der Waals surface area contributed by atoms with Gasteiger partial charge in [-0.05, 0) is 48.6 Å². The third-order valence-corrected chi connectivity index (χ3v) is 4.99. The quantitative estimate of drug-likeness (QED) is 0.789. The van der Waals surface area contributed by atoms with Crippen LogP contribution in [0.25, 0.3) is 0 Å². The number of hydrogen-bond donors (Lipinski definition) is 0. The molecule has 0 aliphatic carbocycles. The first-order valence-corrected chi connectivity index (χ1v) is 9.35. The highest BCUT2D eigenvalue weighted by atomic mass is 16.5. The number of carbonyl (C=O) groups is 2. The number of anilines is 1. The van der Waals surface area contributed by atoms with Crippen LogP contribution in [0, 0.1) is 0 Å². The van der Waals surface area contributed by atoms with E-state index < -0.39 is 0 Å². The minimum atomic E-state index is -0.0865. The maximum absolute atomic E-state index is 12.9. The highest BCUT2D eigenvalue weighted by molar-refractivity contribution is 5.97. The number of methoxy groups -OCH3 is 1. The van der Waals surface area contributed by atoms with Gasteiger partial charge >= 0.3 is 0 Å². The van der Waals surface area contributed by atoms with E-state index in [9.17, 15) is 9.59 Å². The lowest BCUT2D eigenvalue weighted by Crippen LogP contribution is -2.44. The third-order valence-electron chi connectivity index (χ3n) is 4.99. The molecule has 0 unspecified atom stereocenters. The molecule has 0 saturated carbocycles. The molecule has 0 spiro atoms. The molecular formula is C22H26N2O3. The number of fused-ring (bicyclic) bond motifs is 1. The predicted molar refractivity (Wildman–Crippen MR) is 106 cm³/mol. The fourth-order valence-corrected chi connectivity index (χ4v) is 3.48. The van der Waals surface area contributed by atoms with E-state index in [2.05, 4.69) is 6.07 Å². The molecular weight excluding hydrogens is 340 g/mol. The van der Waals surface area contributed by atoms with Crippen LogP contribution in [0.1, 0.15) is 24.5 Å². The average Bonchev–Trinajstić information content (AvgIpc) is 2.70. The predicted octanol–water partition coefficient (Wildman–Crippen LogP) is 3.07. The molecule has 1 aliphatic rings. The van der Waals surface area contributed by atoms with Crippen LogP contribution in [-0.2, 0) is 22.4 Å². The lowest BCUT2D eigenvalue weighted by molar-refractivity contribution is -0.133. The summed E-state index contributed by atoms with van der Waals surface area (Å²) in [7, 11) is 1.64. The van der Waals surface area contributed by atoms with E-state index in [1.807, 2.05) is 47.4 Å². The first-order valence-electron chi connectivity index (χ1n) is 9.35. The van der Waals surface area contributed by atoms with Crippen LogP contribution < -0.4 is 9.64 Å². The Balaban J connectivity index is 1.66. The van der Waals surface area contributed by atoms with Crippen molar-refractivity contribution in [1.82, 2.24) is 4.90 Å². The van der Waals surface area contributed by atoms with E-state index >= 15 is 0 Å². The summed E-state index contributed by atoms with van der Waals surface area (Å²) in [5.41, 5.74) is 3.25. The van der Waals surface area contributed by atoms with E-state index in [0.29, 0.717) is 19.5 Å². The molecule has 3 rings (SSSR count). The first-order chi connectivity index (χ1) is 13.1. The van der Waals surface area contributed by atoms with Crippen molar-refractivity contribution >= 4 is 17.5 Å². The van der Waals surface area contributed by atoms with Crippen molar-refractivity contribution in [3.63, 3.8) is 0 Å². The zero-order chi connectivity index (χ0) is 19.2. The zero-order valence-corrected chi connectivity index (χ0v) is 16.0. The van der Waals surface area contributed by atoms with Crippen LogP contribution in [0.15, 0.2) is 48.5 Å². The number of ether oxygens (including phenoxy) is 1. The minimum Gasteiger partial charge on any atom is -0.497 e. The van der Waals surface area contributed by atoms with Crippen molar-refractivity contribution in [3.05, 3.63) is 59.7 Å². The minimum absolute atomic E-state index is 0.0250. The largest absolute Gasteiger partial charge is 0.497 e. The Morgan fingerprint density at radius 3 is 2.74 bits per heavy atom. The monoisotopic (exact) mass is 366 g/mol. The fourth-order valence-electron chi connectivity index (χ4n) is 3.48. The van der Waals surface area contributed by atoms with Gasteiger partial charge in [-0.2, -0.15) is 0 Å². The van der Waals surface area contributed by atoms with Crippen molar-refractivity contribution in [1.29, 1.82) is 0 Å². The van der Waals surface area contributed by atoms with Gasteiger partial charge in [-0.25, -0.2) is 0 Å². The Morgan fingerprint density at radius 2 is 1.96 bits per heavy atom. The molecule has 5 heteroatoms. The van der Waals surface area contributed by atoms with Crippen molar-refractivity contribution < 1.29 is 14.3 Å². The Morgan fingerprint density at radius 1 is 1.15 bits per heavy atom. The summed E-state index contributed by atoms with van der Waals surface area (Å²) in [6.45, 7) is 2.83. The summed E-state index contributed by atoms with van der Waals surface area (Å²) in [6, 6.07) is 15.8. The van der Waals surface area contributed by atoms with Gasteiger partial charge < -0.3 is 14.5 Å². The number of aryl methyl sites for hydroxylation is 1. The van der Waals surface area contributed by atoms with Crippen LogP contribution in [0.4, 0.5) is 5.69 Å². The fraction of sp³-hybridized carbons (Fsp3) is 0.364. The van der Waals surface area contributed by atoms with Crippen LogP contribution in [0.5, 0.6) is 5.75 Å². The van der Waals surface area contributed by atoms with Gasteiger partial charge in [-0.15, -0.1) is 0 Å². The molecule has 0 aromatic heterocycles. The molecule has 0 N–H and O–H groups in total. The summed E-state index contributed by atoms with van der Waals surface area (Å²) < 4.78 is 5.24. The Kier molecular flexibility index (Phi) is 6.12. The molecule has 0 bridgehead atoms. The lowest BCUT2D eigenvalue weighted by Gasteiger charge is -2.31. The number of hydrogen-bond acceptors (Lipinski definition) is 3. The molecule has 27 heavy (non-hydrogen) atoms. The highest BCUT2D eigenvalue weighted by Gasteiger charge is 2.24. The standard InChI is InChI=1S/C22H26N2O3/c1-17(25)23(14-12-18-7-5-10-20(15-18)27-2)16-22(26)24-13-6-9-19-8-3-4-11-21(19)24/h3-5,7-8,10-11,15H,6,9,12-14,16H2,1-2H3. The molecule has 0 atom stereocenters. The Hall–Kier alpha value is -2.82. The molecule has 2 amide bonds. The molecule has 0 saturated heterocycles. The Labute approximate surface area is 160 Å². The molecule has 2 aromatic rings. The van der Waals surface area contributed by atoms with Crippen molar-refractivity contribution in [3.8, 4) is 5.75 Å². The molecule has 0 fully saturated rings. The molecule has 1 aliphatic heterocycles. The second kappa shape index (κ2) is 8.71. The van der Waals surface area contributed by atoms with E-state index in [1.54, 1.807) is 12.0 Å². The van der Waals surface area contributed by atoms with Crippen LogP contribution in [0.2, 0.25) is 0 Å². The molecule has 1 heterocycles. The van der Waals surface area contributed by atoms with Gasteiger partial charge in [-0.3, -0.25) is 9.59 Å². The maximum Gasteiger partial charge on any atom is 0.246 e. The number of para-hydroxylation sites is 1. The molecule has 5 nitrogen and oxygen atoms in total. The molecule has 2 aromatic carbocycles. The number of rotatable bonds is 6. The van der Waals surface area contributed by atoms with Gasteiger partial charge in [0.1, 0.15) is 12.3 Å². The average molecular weight is 366 g/mol.